The number of benzene rings is 3. The van der Waals surface area contributed by atoms with Crippen LogP contribution >= 0.6 is 11.6 Å². The maximum absolute atomic E-state index is 12.7. The SMILES string of the molecule is Cc1ccc(NC(=O)c2ccc(OC[C@@H]3CN(C)c4ccccc4O3)cc2Cl)cc1CC(=O)O. The molecule has 1 atom stereocenters. The zero-order chi connectivity index (χ0) is 24.2. The van der Waals surface area contributed by atoms with Crippen molar-refractivity contribution in [3.05, 3.63) is 82.4 Å². The van der Waals surface area contributed by atoms with Crippen molar-refractivity contribution in [1.29, 1.82) is 0 Å². The van der Waals surface area contributed by atoms with E-state index in [1.54, 1.807) is 36.4 Å². The molecule has 7 nitrogen and oxygen atoms in total. The monoisotopic (exact) mass is 480 g/mol. The van der Waals surface area contributed by atoms with E-state index in [2.05, 4.69) is 10.2 Å². The Morgan fingerprint density at radius 1 is 1.18 bits per heavy atom. The number of halogens is 1. The lowest BCUT2D eigenvalue weighted by atomic mass is 10.0. The molecule has 1 amide bonds. The highest BCUT2D eigenvalue weighted by Gasteiger charge is 2.23. The van der Waals surface area contributed by atoms with Crippen LogP contribution in [0.5, 0.6) is 11.5 Å². The van der Waals surface area contributed by atoms with Crippen LogP contribution in [0.1, 0.15) is 21.5 Å². The number of para-hydroxylation sites is 2. The summed E-state index contributed by atoms with van der Waals surface area (Å²) in [4.78, 5) is 25.9. The maximum atomic E-state index is 12.7. The van der Waals surface area contributed by atoms with Crippen LogP contribution in [0.25, 0.3) is 0 Å². The van der Waals surface area contributed by atoms with Gasteiger partial charge in [-0.2, -0.15) is 0 Å². The normalized spacial score (nSPS) is 14.7. The Kier molecular flexibility index (Phi) is 6.93. The summed E-state index contributed by atoms with van der Waals surface area (Å²) >= 11 is 6.37. The Bertz CT molecular complexity index is 1230. The van der Waals surface area contributed by atoms with Gasteiger partial charge in [0.1, 0.15) is 24.2 Å². The van der Waals surface area contributed by atoms with Crippen molar-refractivity contribution in [2.24, 2.45) is 0 Å². The number of aryl methyl sites for hydroxylation is 1. The molecule has 0 radical (unpaired) electrons. The van der Waals surface area contributed by atoms with E-state index in [1.165, 1.54) is 0 Å². The van der Waals surface area contributed by atoms with Gasteiger partial charge in [-0.3, -0.25) is 9.59 Å². The standard InChI is InChI=1S/C26H25ClN2O5/c1-16-7-8-18(11-17(16)12-25(30)31)28-26(32)21-10-9-19(13-22(21)27)33-15-20-14-29(2)23-5-3-4-6-24(23)34-20/h3-11,13,20H,12,14-15H2,1-2H3,(H,28,32)(H,30,31)/t20-/m0/s1. The first-order chi connectivity index (χ1) is 16.3. The minimum atomic E-state index is -0.931. The number of likely N-dealkylation sites (N-methyl/N-ethyl adjacent to an activating group) is 1. The molecule has 0 unspecified atom stereocenters. The molecular weight excluding hydrogens is 456 g/mol. The molecule has 1 heterocycles. The maximum Gasteiger partial charge on any atom is 0.307 e. The third-order valence-electron chi connectivity index (χ3n) is 5.62. The molecule has 0 aliphatic carbocycles. The van der Waals surface area contributed by atoms with Gasteiger partial charge in [-0.25, -0.2) is 0 Å². The van der Waals surface area contributed by atoms with Gasteiger partial charge in [0, 0.05) is 12.7 Å². The first-order valence-electron chi connectivity index (χ1n) is 10.8. The van der Waals surface area contributed by atoms with Crippen molar-refractivity contribution in [2.75, 3.05) is 30.4 Å². The molecule has 0 saturated carbocycles. The molecule has 1 aliphatic rings. The van der Waals surface area contributed by atoms with Gasteiger partial charge in [0.15, 0.2) is 0 Å². The molecule has 3 aromatic carbocycles. The topological polar surface area (TPSA) is 88.1 Å². The molecule has 0 saturated heterocycles. The fourth-order valence-electron chi connectivity index (χ4n) is 3.84. The molecular formula is C26H25ClN2O5. The highest BCUT2D eigenvalue weighted by atomic mass is 35.5. The first kappa shape index (κ1) is 23.4. The minimum absolute atomic E-state index is 0.117. The lowest BCUT2D eigenvalue weighted by Gasteiger charge is -2.33. The van der Waals surface area contributed by atoms with Crippen molar-refractivity contribution in [2.45, 2.75) is 19.4 Å². The summed E-state index contributed by atoms with van der Waals surface area (Å²) in [6.07, 6.45) is -0.266. The number of nitrogens with zero attached hydrogens (tertiary/aromatic N) is 1. The van der Waals surface area contributed by atoms with Crippen molar-refractivity contribution >= 4 is 34.9 Å². The zero-order valence-electron chi connectivity index (χ0n) is 18.9. The van der Waals surface area contributed by atoms with Crippen molar-refractivity contribution in [3.8, 4) is 11.5 Å². The number of carbonyl (C=O) groups is 2. The number of hydrogen-bond donors (Lipinski definition) is 2. The second-order valence-electron chi connectivity index (χ2n) is 8.21. The van der Waals surface area contributed by atoms with Gasteiger partial charge in [0.25, 0.3) is 5.91 Å². The average molecular weight is 481 g/mol. The average Bonchev–Trinajstić information content (AvgIpc) is 2.79. The number of aliphatic carboxylic acids is 1. The van der Waals surface area contributed by atoms with E-state index in [-0.39, 0.29) is 23.1 Å². The lowest BCUT2D eigenvalue weighted by Crippen LogP contribution is -2.41. The van der Waals surface area contributed by atoms with E-state index < -0.39 is 11.9 Å². The Balaban J connectivity index is 1.39. The fraction of sp³-hybridized carbons (Fsp3) is 0.231. The van der Waals surface area contributed by atoms with Crippen LogP contribution in [0.15, 0.2) is 60.7 Å². The van der Waals surface area contributed by atoms with Crippen molar-refractivity contribution in [3.63, 3.8) is 0 Å². The van der Waals surface area contributed by atoms with Gasteiger partial charge in [-0.15, -0.1) is 0 Å². The molecule has 0 spiro atoms. The Hall–Kier alpha value is -3.71. The summed E-state index contributed by atoms with van der Waals surface area (Å²) < 4.78 is 11.9. The van der Waals surface area contributed by atoms with Crippen LogP contribution in [0.2, 0.25) is 5.02 Å². The molecule has 0 fully saturated rings. The van der Waals surface area contributed by atoms with Crippen LogP contribution < -0.4 is 19.7 Å². The van der Waals surface area contributed by atoms with E-state index in [0.29, 0.717) is 30.2 Å². The van der Waals surface area contributed by atoms with Crippen molar-refractivity contribution in [1.82, 2.24) is 0 Å². The number of carboxylic acids is 1. The summed E-state index contributed by atoms with van der Waals surface area (Å²) in [5, 5.41) is 12.1. The van der Waals surface area contributed by atoms with E-state index in [0.717, 1.165) is 17.0 Å². The van der Waals surface area contributed by atoms with Gasteiger partial charge in [0.05, 0.1) is 29.2 Å². The second-order valence-corrected chi connectivity index (χ2v) is 8.61. The van der Waals surface area contributed by atoms with E-state index in [4.69, 9.17) is 26.2 Å². The summed E-state index contributed by atoms with van der Waals surface area (Å²) in [6, 6.07) is 17.9. The lowest BCUT2D eigenvalue weighted by molar-refractivity contribution is -0.136. The number of hydrogen-bond acceptors (Lipinski definition) is 5. The first-order valence-corrected chi connectivity index (χ1v) is 11.2. The summed E-state index contributed by atoms with van der Waals surface area (Å²) in [6.45, 7) is 2.84. The van der Waals surface area contributed by atoms with Crippen LogP contribution in [0.4, 0.5) is 11.4 Å². The Morgan fingerprint density at radius 2 is 1.97 bits per heavy atom. The molecule has 1 aliphatic heterocycles. The van der Waals surface area contributed by atoms with Gasteiger partial charge >= 0.3 is 5.97 Å². The number of rotatable bonds is 7. The number of anilines is 2. The van der Waals surface area contributed by atoms with Gasteiger partial charge in [-0.1, -0.05) is 29.8 Å². The minimum Gasteiger partial charge on any atom is -0.490 e. The quantitative estimate of drug-likeness (QED) is 0.505. The predicted octanol–water partition coefficient (Wildman–Crippen LogP) is 4.80. The van der Waals surface area contributed by atoms with Crippen LogP contribution in [0, 0.1) is 6.92 Å². The van der Waals surface area contributed by atoms with E-state index >= 15 is 0 Å². The highest BCUT2D eigenvalue weighted by molar-refractivity contribution is 6.34. The summed E-state index contributed by atoms with van der Waals surface area (Å²) in [5.41, 5.74) is 3.31. The van der Waals surface area contributed by atoms with Gasteiger partial charge in [0.2, 0.25) is 0 Å². The smallest absolute Gasteiger partial charge is 0.307 e. The van der Waals surface area contributed by atoms with Crippen LogP contribution in [-0.4, -0.2) is 43.3 Å². The Labute approximate surface area is 202 Å². The van der Waals surface area contributed by atoms with E-state index in [1.807, 2.05) is 38.2 Å². The third kappa shape index (κ3) is 5.43. The van der Waals surface area contributed by atoms with Crippen molar-refractivity contribution < 1.29 is 24.2 Å². The van der Waals surface area contributed by atoms with Crippen LogP contribution in [-0.2, 0) is 11.2 Å². The molecule has 176 valence electrons. The number of carbonyl (C=O) groups excluding carboxylic acids is 1. The van der Waals surface area contributed by atoms with Gasteiger partial charge in [-0.05, 0) is 60.5 Å². The van der Waals surface area contributed by atoms with Gasteiger partial charge < -0.3 is 24.8 Å². The number of nitrogens with one attached hydrogen (secondary N) is 1. The van der Waals surface area contributed by atoms with Crippen LogP contribution in [0.3, 0.4) is 0 Å². The van der Waals surface area contributed by atoms with E-state index in [9.17, 15) is 9.59 Å². The number of carboxylic acid groups (broad SMARTS) is 1. The molecule has 3 aromatic rings. The Morgan fingerprint density at radius 3 is 2.74 bits per heavy atom. The largest absolute Gasteiger partial charge is 0.490 e. The third-order valence-corrected chi connectivity index (χ3v) is 5.93. The predicted molar refractivity (Wildman–Crippen MR) is 132 cm³/mol. The molecule has 0 bridgehead atoms. The molecule has 2 N–H and O–H groups in total. The molecule has 8 heteroatoms. The highest BCUT2D eigenvalue weighted by Crippen LogP contribution is 2.32. The molecule has 4 rings (SSSR count). The zero-order valence-corrected chi connectivity index (χ0v) is 19.6. The molecule has 0 aromatic heterocycles. The number of ether oxygens (including phenoxy) is 2. The number of amides is 1. The summed E-state index contributed by atoms with van der Waals surface area (Å²) in [5.74, 6) is 0.0264. The molecule has 34 heavy (non-hydrogen) atoms. The number of fused-ring (bicyclic) bond motifs is 1. The fourth-order valence-corrected chi connectivity index (χ4v) is 4.10. The second kappa shape index (κ2) is 10.1. The summed E-state index contributed by atoms with van der Waals surface area (Å²) in [7, 11) is 2.01.